The number of hydrogen-bond donors (Lipinski definition) is 0. The van der Waals surface area contributed by atoms with E-state index in [4.69, 9.17) is 0 Å². The molecule has 108 valence electrons. The van der Waals surface area contributed by atoms with Gasteiger partial charge in [0.15, 0.2) is 0 Å². The molecule has 1 fully saturated rings. The van der Waals surface area contributed by atoms with Crippen molar-refractivity contribution in [1.82, 2.24) is 19.6 Å². The van der Waals surface area contributed by atoms with Crippen LogP contribution < -0.4 is 0 Å². The molecule has 0 aliphatic heterocycles. The maximum Gasteiger partial charge on any atom is 0.0713 e. The highest BCUT2D eigenvalue weighted by atomic mass is 15.3. The van der Waals surface area contributed by atoms with Crippen LogP contribution in [0.25, 0.3) is 11.3 Å². The highest BCUT2D eigenvalue weighted by Crippen LogP contribution is 2.28. The molecule has 4 heteroatoms. The summed E-state index contributed by atoms with van der Waals surface area (Å²) in [7, 11) is 2.02. The molecule has 0 saturated heterocycles. The van der Waals surface area contributed by atoms with E-state index in [1.807, 2.05) is 17.9 Å². The van der Waals surface area contributed by atoms with Gasteiger partial charge in [-0.2, -0.15) is 10.2 Å². The summed E-state index contributed by atoms with van der Waals surface area (Å²) in [5.41, 5.74) is 3.55. The molecule has 0 radical (unpaired) electrons. The molecule has 0 unspecified atom stereocenters. The fourth-order valence-corrected chi connectivity index (χ4v) is 2.81. The van der Waals surface area contributed by atoms with E-state index >= 15 is 0 Å². The Bertz CT molecular complexity index is 563. The monoisotopic (exact) mass is 272 g/mol. The van der Waals surface area contributed by atoms with Gasteiger partial charge in [-0.25, -0.2) is 0 Å². The fourth-order valence-electron chi connectivity index (χ4n) is 2.81. The van der Waals surface area contributed by atoms with Crippen molar-refractivity contribution in [2.45, 2.75) is 52.0 Å². The van der Waals surface area contributed by atoms with Crippen LogP contribution in [-0.2, 0) is 20.0 Å². The zero-order valence-electron chi connectivity index (χ0n) is 12.5. The zero-order chi connectivity index (χ0) is 13.9. The van der Waals surface area contributed by atoms with Crippen LogP contribution in [0.1, 0.15) is 44.7 Å². The topological polar surface area (TPSA) is 35.6 Å². The molecule has 0 atom stereocenters. The molecular weight excluding hydrogens is 248 g/mol. The van der Waals surface area contributed by atoms with Gasteiger partial charge in [-0.3, -0.25) is 9.36 Å². The lowest BCUT2D eigenvalue weighted by Gasteiger charge is -2.24. The maximum absolute atomic E-state index is 4.60. The van der Waals surface area contributed by atoms with Crippen LogP contribution in [0.5, 0.6) is 0 Å². The minimum Gasteiger partial charge on any atom is -0.272 e. The molecule has 0 aromatic carbocycles. The van der Waals surface area contributed by atoms with Gasteiger partial charge in [-0.05, 0) is 37.7 Å². The molecule has 0 bridgehead atoms. The van der Waals surface area contributed by atoms with E-state index in [0.717, 1.165) is 18.9 Å². The summed E-state index contributed by atoms with van der Waals surface area (Å²) in [5, 5.41) is 9.10. The van der Waals surface area contributed by atoms with Gasteiger partial charge in [0.25, 0.3) is 0 Å². The quantitative estimate of drug-likeness (QED) is 0.807. The number of rotatable bonds is 6. The average Bonchev–Trinajstić information content (AvgIpc) is 2.98. The van der Waals surface area contributed by atoms with Gasteiger partial charge in [0, 0.05) is 25.4 Å². The summed E-state index contributed by atoms with van der Waals surface area (Å²) in [6, 6.07) is 2.21. The Kier molecular flexibility index (Phi) is 3.90. The normalized spacial score (nSPS) is 15.5. The summed E-state index contributed by atoms with van der Waals surface area (Å²) < 4.78 is 4.08. The van der Waals surface area contributed by atoms with Crippen molar-refractivity contribution >= 4 is 0 Å². The van der Waals surface area contributed by atoms with Crippen molar-refractivity contribution in [1.29, 1.82) is 0 Å². The van der Waals surface area contributed by atoms with Gasteiger partial charge in [0.2, 0.25) is 0 Å². The number of hydrogen-bond acceptors (Lipinski definition) is 2. The first-order valence-electron chi connectivity index (χ1n) is 7.82. The highest BCUT2D eigenvalue weighted by molar-refractivity contribution is 5.57. The molecule has 1 saturated carbocycles. The van der Waals surface area contributed by atoms with Crippen molar-refractivity contribution in [3.8, 4) is 11.3 Å². The Morgan fingerprint density at radius 1 is 1.35 bits per heavy atom. The lowest BCUT2D eigenvalue weighted by molar-refractivity contribution is 0.266. The Hall–Kier alpha value is -1.58. The largest absolute Gasteiger partial charge is 0.272 e. The third-order valence-corrected chi connectivity index (χ3v) is 4.32. The fraction of sp³-hybridized carbons (Fsp3) is 0.625. The van der Waals surface area contributed by atoms with Crippen LogP contribution >= 0.6 is 0 Å². The van der Waals surface area contributed by atoms with E-state index in [9.17, 15) is 0 Å². The van der Waals surface area contributed by atoms with Crippen LogP contribution in [-0.4, -0.2) is 19.6 Å². The Labute approximate surface area is 120 Å². The van der Waals surface area contributed by atoms with Crippen molar-refractivity contribution < 1.29 is 0 Å². The number of aryl methyl sites for hydroxylation is 2. The van der Waals surface area contributed by atoms with E-state index in [0.29, 0.717) is 0 Å². The standard InChI is InChI=1S/C16H24N4/c1-3-4-8-15-9-16(19(2)18-15)14-10-17-20(12-14)11-13-6-5-7-13/h9-10,12-13H,3-8,11H2,1-2H3. The maximum atomic E-state index is 4.60. The van der Waals surface area contributed by atoms with Gasteiger partial charge in [-0.1, -0.05) is 19.8 Å². The molecule has 2 aromatic rings. The first kappa shape index (κ1) is 13.4. The van der Waals surface area contributed by atoms with Gasteiger partial charge < -0.3 is 0 Å². The van der Waals surface area contributed by atoms with Crippen LogP contribution in [0.2, 0.25) is 0 Å². The number of aromatic nitrogens is 4. The van der Waals surface area contributed by atoms with Crippen LogP contribution in [0, 0.1) is 5.92 Å². The predicted molar refractivity (Wildman–Crippen MR) is 80.4 cm³/mol. The summed E-state index contributed by atoms with van der Waals surface area (Å²) in [6.45, 7) is 3.29. The molecule has 0 N–H and O–H groups in total. The SMILES string of the molecule is CCCCc1cc(-c2cnn(CC3CCC3)c2)n(C)n1. The van der Waals surface area contributed by atoms with Gasteiger partial charge in [0.1, 0.15) is 0 Å². The minimum atomic E-state index is 0.842. The Morgan fingerprint density at radius 2 is 2.20 bits per heavy atom. The Balaban J connectivity index is 1.72. The van der Waals surface area contributed by atoms with Crippen LogP contribution in [0.15, 0.2) is 18.5 Å². The second kappa shape index (κ2) is 5.81. The lowest BCUT2D eigenvalue weighted by atomic mass is 9.85. The lowest BCUT2D eigenvalue weighted by Crippen LogP contribution is -2.18. The van der Waals surface area contributed by atoms with E-state index < -0.39 is 0 Å². The van der Waals surface area contributed by atoms with Gasteiger partial charge >= 0.3 is 0 Å². The van der Waals surface area contributed by atoms with Crippen LogP contribution in [0.4, 0.5) is 0 Å². The highest BCUT2D eigenvalue weighted by Gasteiger charge is 2.18. The van der Waals surface area contributed by atoms with Crippen molar-refractivity contribution in [2.75, 3.05) is 0 Å². The first-order valence-corrected chi connectivity index (χ1v) is 7.82. The zero-order valence-corrected chi connectivity index (χ0v) is 12.5. The van der Waals surface area contributed by atoms with Gasteiger partial charge in [-0.15, -0.1) is 0 Å². The summed E-state index contributed by atoms with van der Waals surface area (Å²) >= 11 is 0. The molecule has 20 heavy (non-hydrogen) atoms. The third kappa shape index (κ3) is 2.79. The summed E-state index contributed by atoms with van der Waals surface area (Å²) in [4.78, 5) is 0. The van der Waals surface area contributed by atoms with E-state index in [2.05, 4.69) is 34.1 Å². The molecule has 4 nitrogen and oxygen atoms in total. The molecular formula is C16H24N4. The average molecular weight is 272 g/mol. The van der Waals surface area contributed by atoms with Gasteiger partial charge in [0.05, 0.1) is 17.6 Å². The molecule has 3 rings (SSSR count). The number of unbranched alkanes of at least 4 members (excludes halogenated alkanes) is 1. The minimum absolute atomic E-state index is 0.842. The van der Waals surface area contributed by atoms with Crippen molar-refractivity contribution in [3.63, 3.8) is 0 Å². The Morgan fingerprint density at radius 3 is 2.90 bits per heavy atom. The third-order valence-electron chi connectivity index (χ3n) is 4.32. The van der Waals surface area contributed by atoms with E-state index in [-0.39, 0.29) is 0 Å². The second-order valence-corrected chi connectivity index (χ2v) is 6.00. The molecule has 0 spiro atoms. The summed E-state index contributed by atoms with van der Waals surface area (Å²) in [6.07, 6.45) is 11.7. The van der Waals surface area contributed by atoms with Crippen LogP contribution in [0.3, 0.4) is 0 Å². The first-order chi connectivity index (χ1) is 9.76. The molecule has 2 heterocycles. The van der Waals surface area contributed by atoms with Crippen molar-refractivity contribution in [2.24, 2.45) is 13.0 Å². The molecule has 1 aliphatic carbocycles. The van der Waals surface area contributed by atoms with E-state index in [1.165, 1.54) is 49.1 Å². The smallest absolute Gasteiger partial charge is 0.0713 e. The second-order valence-electron chi connectivity index (χ2n) is 6.00. The predicted octanol–water partition coefficient (Wildman–Crippen LogP) is 3.43. The van der Waals surface area contributed by atoms with E-state index in [1.54, 1.807) is 0 Å². The molecule has 1 aliphatic rings. The number of nitrogens with zero attached hydrogens (tertiary/aromatic N) is 4. The molecule has 0 amide bonds. The molecule has 2 aromatic heterocycles. The summed E-state index contributed by atoms with van der Waals surface area (Å²) in [5.74, 6) is 0.842. The van der Waals surface area contributed by atoms with Crippen molar-refractivity contribution in [3.05, 3.63) is 24.2 Å².